The van der Waals surface area contributed by atoms with Crippen LogP contribution in [0.2, 0.25) is 16.6 Å². The lowest BCUT2D eigenvalue weighted by atomic mass is 9.94. The molecule has 0 amide bonds. The number of rotatable bonds is 11. The number of hydrogen-bond donors (Lipinski definition) is 2. The number of aromatic amines is 1. The normalized spacial score (nSPS) is 23.5. The molecule has 0 unspecified atom stereocenters. The number of aliphatic hydroxyl groups excluding tert-OH is 1. The summed E-state index contributed by atoms with van der Waals surface area (Å²) in [5, 5.41) is 12.1. The molecule has 1 fully saturated rings. The summed E-state index contributed by atoms with van der Waals surface area (Å²) in [5.41, 5.74) is -1.09. The highest BCUT2D eigenvalue weighted by Gasteiger charge is 2.60. The summed E-state index contributed by atoms with van der Waals surface area (Å²) in [5.74, 6) is -0.539. The molecule has 1 aromatic heterocycles. The van der Waals surface area contributed by atoms with Crippen LogP contribution in [0, 0.1) is 0 Å². The Hall–Kier alpha value is -2.18. The Bertz CT molecular complexity index is 1270. The molecule has 1 aliphatic rings. The van der Waals surface area contributed by atoms with E-state index in [1.165, 1.54) is 28.6 Å². The van der Waals surface area contributed by atoms with Crippen molar-refractivity contribution in [3.63, 3.8) is 0 Å². The van der Waals surface area contributed by atoms with Gasteiger partial charge in [-0.05, 0) is 49.5 Å². The number of benzene rings is 1. The molecule has 2 aromatic rings. The van der Waals surface area contributed by atoms with Crippen molar-refractivity contribution in [2.24, 2.45) is 0 Å². The maximum atomic E-state index is 13.4. The maximum Gasteiger partial charge on any atom is 0.330 e. The number of ether oxygens (including phenoxy) is 2. The molecule has 4 atom stereocenters. The van der Waals surface area contributed by atoms with Crippen molar-refractivity contribution < 1.29 is 23.8 Å². The molecule has 41 heavy (non-hydrogen) atoms. The average Bonchev–Trinajstić information content (AvgIpc) is 3.09. The monoisotopic (exact) mass is 606 g/mol. The Morgan fingerprint density at radius 3 is 2.17 bits per heavy atom. The summed E-state index contributed by atoms with van der Waals surface area (Å²) < 4.78 is 18.9. The predicted octanol–water partition coefficient (Wildman–Crippen LogP) is 5.25. The third-order valence-electron chi connectivity index (χ3n) is 7.77. The number of thioether (sulfide) groups is 1. The van der Waals surface area contributed by atoms with Gasteiger partial charge in [0.05, 0.1) is 13.0 Å². The van der Waals surface area contributed by atoms with Gasteiger partial charge in [0.2, 0.25) is 0 Å². The van der Waals surface area contributed by atoms with Gasteiger partial charge in [-0.2, -0.15) is 0 Å². The first-order chi connectivity index (χ1) is 19.0. The third-order valence-corrected chi connectivity index (χ3v) is 15.3. The van der Waals surface area contributed by atoms with Crippen molar-refractivity contribution in [2.45, 2.75) is 119 Å². The molecule has 11 heteroatoms. The number of hydrogen-bond acceptors (Lipinski definition) is 8. The number of aliphatic hydroxyl groups is 1. The first-order valence-electron chi connectivity index (χ1n) is 14.3. The lowest BCUT2D eigenvalue weighted by Crippen LogP contribution is -2.51. The van der Waals surface area contributed by atoms with Gasteiger partial charge in [-0.25, -0.2) is 4.79 Å². The van der Waals surface area contributed by atoms with E-state index in [9.17, 15) is 19.5 Å². The van der Waals surface area contributed by atoms with Crippen LogP contribution in [0.3, 0.4) is 0 Å². The molecule has 228 valence electrons. The SMILES string of the molecule is CC(C)[Si](OC[C@H]1O[C@@H](n2ccc(=O)[nH]c2=O)[C@](CC(=O)OC(C)(C)C)(Sc2ccccc2)[C@@H]1O)(C(C)C)C(C)C. The van der Waals surface area contributed by atoms with Gasteiger partial charge in [-0.3, -0.25) is 19.1 Å². The van der Waals surface area contributed by atoms with E-state index in [1.54, 1.807) is 20.8 Å². The fraction of sp³-hybridized carbons (Fsp3) is 0.633. The number of esters is 1. The Morgan fingerprint density at radius 1 is 1.07 bits per heavy atom. The lowest BCUT2D eigenvalue weighted by molar-refractivity contribution is -0.156. The van der Waals surface area contributed by atoms with Crippen LogP contribution >= 0.6 is 11.8 Å². The third kappa shape index (κ3) is 7.25. The summed E-state index contributed by atoms with van der Waals surface area (Å²) in [6.07, 6.45) is -2.09. The van der Waals surface area contributed by atoms with E-state index in [0.29, 0.717) is 16.6 Å². The van der Waals surface area contributed by atoms with Crippen molar-refractivity contribution >= 4 is 26.0 Å². The van der Waals surface area contributed by atoms with Crippen molar-refractivity contribution in [1.29, 1.82) is 0 Å². The van der Waals surface area contributed by atoms with Gasteiger partial charge < -0.3 is 19.0 Å². The number of carbonyl (C=O) groups is 1. The molecule has 2 N–H and O–H groups in total. The molecule has 3 rings (SSSR count). The van der Waals surface area contributed by atoms with E-state index in [-0.39, 0.29) is 13.0 Å². The van der Waals surface area contributed by atoms with Crippen LogP contribution in [-0.2, 0) is 18.7 Å². The zero-order chi connectivity index (χ0) is 30.8. The zero-order valence-electron chi connectivity index (χ0n) is 25.7. The summed E-state index contributed by atoms with van der Waals surface area (Å²) in [7, 11) is -2.33. The van der Waals surface area contributed by atoms with Crippen LogP contribution in [0.15, 0.2) is 57.1 Å². The second-order valence-electron chi connectivity index (χ2n) is 12.8. The summed E-state index contributed by atoms with van der Waals surface area (Å²) in [6, 6.07) is 10.6. The summed E-state index contributed by atoms with van der Waals surface area (Å²) in [4.78, 5) is 41.4. The van der Waals surface area contributed by atoms with Gasteiger partial charge >= 0.3 is 11.7 Å². The smallest absolute Gasteiger partial charge is 0.330 e. The second kappa shape index (κ2) is 13.0. The average molecular weight is 607 g/mol. The van der Waals surface area contributed by atoms with E-state index >= 15 is 0 Å². The van der Waals surface area contributed by atoms with Crippen LogP contribution in [0.25, 0.3) is 0 Å². The van der Waals surface area contributed by atoms with Gasteiger partial charge in [0.1, 0.15) is 22.6 Å². The minimum atomic E-state index is -2.33. The summed E-state index contributed by atoms with van der Waals surface area (Å²) >= 11 is 1.26. The molecule has 1 aromatic carbocycles. The number of nitrogens with zero attached hydrogens (tertiary/aromatic N) is 1. The Morgan fingerprint density at radius 2 is 1.66 bits per heavy atom. The highest BCUT2D eigenvalue weighted by Crippen LogP contribution is 2.53. The number of nitrogens with one attached hydrogen (secondary N) is 1. The van der Waals surface area contributed by atoms with Crippen LogP contribution in [0.1, 0.15) is 75.0 Å². The van der Waals surface area contributed by atoms with Crippen molar-refractivity contribution in [2.75, 3.05) is 6.61 Å². The Kier molecular flexibility index (Phi) is 10.6. The topological polar surface area (TPSA) is 120 Å². The first-order valence-corrected chi connectivity index (χ1v) is 17.2. The van der Waals surface area contributed by atoms with E-state index in [2.05, 4.69) is 46.5 Å². The highest BCUT2D eigenvalue weighted by atomic mass is 32.2. The van der Waals surface area contributed by atoms with Crippen LogP contribution in [-0.4, -0.2) is 58.1 Å². The summed E-state index contributed by atoms with van der Waals surface area (Å²) in [6.45, 7) is 18.5. The molecule has 0 bridgehead atoms. The molecule has 0 aliphatic carbocycles. The maximum absolute atomic E-state index is 13.4. The van der Waals surface area contributed by atoms with Gasteiger partial charge in [0.15, 0.2) is 14.5 Å². The lowest BCUT2D eigenvalue weighted by Gasteiger charge is -2.43. The minimum absolute atomic E-state index is 0.0992. The molecular formula is C30H46N2O7SSi. The molecule has 0 saturated carbocycles. The van der Waals surface area contributed by atoms with Gasteiger partial charge in [-0.15, -0.1) is 11.8 Å². The van der Waals surface area contributed by atoms with Crippen molar-refractivity contribution in [3.05, 3.63) is 63.4 Å². The first kappa shape index (κ1) is 33.3. The number of H-pyrrole nitrogens is 1. The molecule has 2 heterocycles. The molecule has 0 radical (unpaired) electrons. The fourth-order valence-electron chi connectivity index (χ4n) is 6.24. The van der Waals surface area contributed by atoms with Crippen molar-refractivity contribution in [1.82, 2.24) is 9.55 Å². The Balaban J connectivity index is 2.14. The largest absolute Gasteiger partial charge is 0.460 e. The number of aromatic nitrogens is 2. The van der Waals surface area contributed by atoms with E-state index in [4.69, 9.17) is 13.9 Å². The highest BCUT2D eigenvalue weighted by molar-refractivity contribution is 8.00. The zero-order valence-corrected chi connectivity index (χ0v) is 27.5. The standard InChI is InChI=1S/C30H46N2O7SSi/c1-19(2)41(20(3)4,21(5)6)37-18-23-26(35)30(17-25(34)39-29(7,8)9,40-22-13-11-10-12-14-22)27(38-23)32-16-15-24(33)31-28(32)36/h10-16,19-21,23,26-27,35H,17-18H2,1-9H3,(H,31,33,36)/t23-,26-,27-,30-/m1/s1. The molecular weight excluding hydrogens is 560 g/mol. The molecule has 9 nitrogen and oxygen atoms in total. The molecule has 1 aliphatic heterocycles. The van der Waals surface area contributed by atoms with Gasteiger partial charge in [-0.1, -0.05) is 59.7 Å². The van der Waals surface area contributed by atoms with E-state index < -0.39 is 54.3 Å². The second-order valence-corrected chi connectivity index (χ2v) is 19.6. The number of carbonyl (C=O) groups excluding carboxylic acids is 1. The fourth-order valence-corrected chi connectivity index (χ4v) is 13.2. The Labute approximate surface area is 248 Å². The predicted molar refractivity (Wildman–Crippen MR) is 164 cm³/mol. The van der Waals surface area contributed by atoms with Crippen LogP contribution in [0.4, 0.5) is 0 Å². The quantitative estimate of drug-likeness (QED) is 0.263. The van der Waals surface area contributed by atoms with Gasteiger partial charge in [0, 0.05) is 17.2 Å². The van der Waals surface area contributed by atoms with E-state index in [1.807, 2.05) is 30.3 Å². The van der Waals surface area contributed by atoms with Gasteiger partial charge in [0.25, 0.3) is 5.56 Å². The molecule has 1 saturated heterocycles. The van der Waals surface area contributed by atoms with Crippen LogP contribution in [0.5, 0.6) is 0 Å². The molecule has 0 spiro atoms. The van der Waals surface area contributed by atoms with Crippen molar-refractivity contribution in [3.8, 4) is 0 Å². The van der Waals surface area contributed by atoms with E-state index in [0.717, 1.165) is 4.90 Å². The minimum Gasteiger partial charge on any atom is -0.460 e. The van der Waals surface area contributed by atoms with Crippen LogP contribution < -0.4 is 11.2 Å².